The molecule has 0 saturated heterocycles. The highest BCUT2D eigenvalue weighted by atomic mass is 14.3. The van der Waals surface area contributed by atoms with E-state index in [1.54, 1.807) is 0 Å². The van der Waals surface area contributed by atoms with Gasteiger partial charge in [0, 0.05) is 5.92 Å². The van der Waals surface area contributed by atoms with Crippen molar-refractivity contribution in [2.75, 3.05) is 0 Å². The summed E-state index contributed by atoms with van der Waals surface area (Å²) in [5.74, 6) is 0.460. The molecule has 0 heteroatoms. The van der Waals surface area contributed by atoms with E-state index in [0.717, 1.165) is 6.42 Å². The first-order chi connectivity index (χ1) is 10.9. The summed E-state index contributed by atoms with van der Waals surface area (Å²) >= 11 is 0. The quantitative estimate of drug-likeness (QED) is 0.579. The second kappa shape index (κ2) is 5.31. The largest absolute Gasteiger partial charge is 0.0985 e. The predicted molar refractivity (Wildman–Crippen MR) is 94.0 cm³/mol. The third kappa shape index (κ3) is 2.08. The molecule has 0 saturated carbocycles. The van der Waals surface area contributed by atoms with Gasteiger partial charge >= 0.3 is 0 Å². The monoisotopic (exact) mass is 282 g/mol. The van der Waals surface area contributed by atoms with Crippen LogP contribution in [0.5, 0.6) is 0 Å². The van der Waals surface area contributed by atoms with Crippen LogP contribution in [-0.2, 0) is 6.42 Å². The molecule has 0 aliphatic heterocycles. The van der Waals surface area contributed by atoms with Crippen molar-refractivity contribution >= 4 is 6.08 Å². The average Bonchev–Trinajstić information content (AvgIpc) is 2.90. The van der Waals surface area contributed by atoms with Crippen LogP contribution in [0.3, 0.4) is 0 Å². The van der Waals surface area contributed by atoms with Gasteiger partial charge in [0.25, 0.3) is 0 Å². The molecule has 106 valence electrons. The van der Waals surface area contributed by atoms with E-state index in [1.165, 1.54) is 33.4 Å². The molecule has 0 amide bonds. The van der Waals surface area contributed by atoms with Crippen molar-refractivity contribution in [1.82, 2.24) is 0 Å². The summed E-state index contributed by atoms with van der Waals surface area (Å²) in [6.45, 7) is 3.82. The fourth-order valence-electron chi connectivity index (χ4n) is 3.51. The number of fused-ring (bicyclic) bond motifs is 3. The lowest BCUT2D eigenvalue weighted by Crippen LogP contribution is -2.01. The summed E-state index contributed by atoms with van der Waals surface area (Å²) < 4.78 is 0. The molecule has 4 rings (SSSR count). The minimum absolute atomic E-state index is 0.460. The summed E-state index contributed by atoms with van der Waals surface area (Å²) in [6, 6.07) is 26.4. The zero-order chi connectivity index (χ0) is 14.9. The SMILES string of the molecule is C=Cc1ccc(CC2c3ccccc3-c3ccccc32)cc1. The minimum atomic E-state index is 0.460. The van der Waals surface area contributed by atoms with Crippen LogP contribution in [0.1, 0.15) is 28.2 Å². The molecule has 0 radical (unpaired) electrons. The van der Waals surface area contributed by atoms with Crippen LogP contribution in [0.25, 0.3) is 17.2 Å². The van der Waals surface area contributed by atoms with Crippen LogP contribution < -0.4 is 0 Å². The van der Waals surface area contributed by atoms with Gasteiger partial charge in [-0.25, -0.2) is 0 Å². The highest BCUT2D eigenvalue weighted by molar-refractivity contribution is 5.78. The van der Waals surface area contributed by atoms with E-state index in [2.05, 4.69) is 79.4 Å². The second-order valence-corrected chi connectivity index (χ2v) is 5.88. The summed E-state index contributed by atoms with van der Waals surface area (Å²) in [4.78, 5) is 0. The Balaban J connectivity index is 1.76. The van der Waals surface area contributed by atoms with E-state index >= 15 is 0 Å². The topological polar surface area (TPSA) is 0 Å². The standard InChI is InChI=1S/C22H18/c1-2-16-11-13-17(14-12-16)15-22-20-9-5-3-7-18(20)19-8-4-6-10-21(19)22/h2-14,22H,1,15H2. The molecule has 3 aromatic rings. The first-order valence-corrected chi connectivity index (χ1v) is 7.76. The molecule has 0 heterocycles. The Labute approximate surface area is 131 Å². The van der Waals surface area contributed by atoms with Crippen LogP contribution in [0.2, 0.25) is 0 Å². The molecule has 3 aromatic carbocycles. The number of benzene rings is 3. The number of hydrogen-bond acceptors (Lipinski definition) is 0. The van der Waals surface area contributed by atoms with Gasteiger partial charge in [0.15, 0.2) is 0 Å². The second-order valence-electron chi connectivity index (χ2n) is 5.88. The lowest BCUT2D eigenvalue weighted by Gasteiger charge is -2.14. The maximum Gasteiger partial charge on any atom is 0.0142 e. The van der Waals surface area contributed by atoms with Crippen LogP contribution >= 0.6 is 0 Å². The first kappa shape index (κ1) is 13.1. The summed E-state index contributed by atoms with van der Waals surface area (Å²) in [5.41, 5.74) is 8.25. The van der Waals surface area contributed by atoms with Crippen LogP contribution in [0.15, 0.2) is 79.4 Å². The molecular formula is C22H18. The summed E-state index contributed by atoms with van der Waals surface area (Å²) in [7, 11) is 0. The van der Waals surface area contributed by atoms with Gasteiger partial charge in [-0.1, -0.05) is 85.5 Å². The highest BCUT2D eigenvalue weighted by Gasteiger charge is 2.27. The van der Waals surface area contributed by atoms with E-state index < -0.39 is 0 Å². The molecule has 0 atom stereocenters. The molecule has 1 aliphatic rings. The fraction of sp³-hybridized carbons (Fsp3) is 0.0909. The average molecular weight is 282 g/mol. The van der Waals surface area contributed by atoms with Crippen molar-refractivity contribution in [3.63, 3.8) is 0 Å². The van der Waals surface area contributed by atoms with Gasteiger partial charge in [-0.05, 0) is 39.8 Å². The van der Waals surface area contributed by atoms with Gasteiger partial charge in [-0.2, -0.15) is 0 Å². The van der Waals surface area contributed by atoms with Crippen molar-refractivity contribution < 1.29 is 0 Å². The molecular weight excluding hydrogens is 264 g/mol. The van der Waals surface area contributed by atoms with Crippen LogP contribution in [0.4, 0.5) is 0 Å². The molecule has 0 bridgehead atoms. The molecule has 0 spiro atoms. The van der Waals surface area contributed by atoms with Crippen molar-refractivity contribution in [2.24, 2.45) is 0 Å². The molecule has 0 nitrogen and oxygen atoms in total. The Morgan fingerprint density at radius 3 is 1.82 bits per heavy atom. The highest BCUT2D eigenvalue weighted by Crippen LogP contribution is 2.45. The van der Waals surface area contributed by atoms with Crippen molar-refractivity contribution in [2.45, 2.75) is 12.3 Å². The molecule has 1 aliphatic carbocycles. The van der Waals surface area contributed by atoms with E-state index in [9.17, 15) is 0 Å². The van der Waals surface area contributed by atoms with Crippen molar-refractivity contribution in [3.8, 4) is 11.1 Å². The van der Waals surface area contributed by atoms with Gasteiger partial charge in [0.2, 0.25) is 0 Å². The number of hydrogen-bond donors (Lipinski definition) is 0. The Kier molecular flexibility index (Phi) is 3.16. The Morgan fingerprint density at radius 1 is 0.727 bits per heavy atom. The zero-order valence-corrected chi connectivity index (χ0v) is 12.5. The third-order valence-electron chi connectivity index (χ3n) is 4.62. The molecule has 0 aromatic heterocycles. The van der Waals surface area contributed by atoms with E-state index in [-0.39, 0.29) is 0 Å². The van der Waals surface area contributed by atoms with E-state index in [4.69, 9.17) is 0 Å². The predicted octanol–water partition coefficient (Wildman–Crippen LogP) is 5.68. The molecule has 0 unspecified atom stereocenters. The van der Waals surface area contributed by atoms with Crippen LogP contribution in [0, 0.1) is 0 Å². The number of rotatable bonds is 3. The van der Waals surface area contributed by atoms with Crippen LogP contribution in [-0.4, -0.2) is 0 Å². The van der Waals surface area contributed by atoms with Crippen molar-refractivity contribution in [3.05, 3.63) is 102 Å². The van der Waals surface area contributed by atoms with Gasteiger partial charge < -0.3 is 0 Å². The lowest BCUT2D eigenvalue weighted by molar-refractivity contribution is 0.827. The summed E-state index contributed by atoms with van der Waals surface area (Å²) in [6.07, 6.45) is 2.94. The maximum absolute atomic E-state index is 3.82. The van der Waals surface area contributed by atoms with E-state index in [1.807, 2.05) is 6.08 Å². The minimum Gasteiger partial charge on any atom is -0.0985 e. The van der Waals surface area contributed by atoms with E-state index in [0.29, 0.717) is 5.92 Å². The first-order valence-electron chi connectivity index (χ1n) is 7.76. The molecule has 0 fully saturated rings. The smallest absolute Gasteiger partial charge is 0.0142 e. The third-order valence-corrected chi connectivity index (χ3v) is 4.62. The normalized spacial score (nSPS) is 12.7. The Bertz CT molecular complexity index is 779. The van der Waals surface area contributed by atoms with Crippen molar-refractivity contribution in [1.29, 1.82) is 0 Å². The van der Waals surface area contributed by atoms with Gasteiger partial charge in [-0.3, -0.25) is 0 Å². The van der Waals surface area contributed by atoms with Gasteiger partial charge in [0.05, 0.1) is 0 Å². The molecule has 22 heavy (non-hydrogen) atoms. The Morgan fingerprint density at radius 2 is 1.27 bits per heavy atom. The fourth-order valence-corrected chi connectivity index (χ4v) is 3.51. The maximum atomic E-state index is 3.82. The lowest BCUT2D eigenvalue weighted by atomic mass is 9.90. The van der Waals surface area contributed by atoms with Gasteiger partial charge in [-0.15, -0.1) is 0 Å². The Hall–Kier alpha value is -2.60. The zero-order valence-electron chi connectivity index (χ0n) is 12.5. The summed E-state index contributed by atoms with van der Waals surface area (Å²) in [5, 5.41) is 0. The van der Waals surface area contributed by atoms with Gasteiger partial charge in [0.1, 0.15) is 0 Å². The molecule has 0 N–H and O–H groups in total.